The van der Waals surface area contributed by atoms with Crippen LogP contribution >= 0.6 is 0 Å². The quantitative estimate of drug-likeness (QED) is 0.803. The first-order valence-electron chi connectivity index (χ1n) is 6.05. The van der Waals surface area contributed by atoms with Crippen LogP contribution in [0, 0.1) is 6.92 Å². The Morgan fingerprint density at radius 2 is 2.15 bits per heavy atom. The van der Waals surface area contributed by atoms with Crippen molar-refractivity contribution in [2.45, 2.75) is 26.1 Å². The molecule has 0 aliphatic rings. The number of anilines is 1. The van der Waals surface area contributed by atoms with Crippen LogP contribution in [-0.4, -0.2) is 32.3 Å². The summed E-state index contributed by atoms with van der Waals surface area (Å²) in [5, 5.41) is 2.55. The van der Waals surface area contributed by atoms with Gasteiger partial charge < -0.3 is 20.5 Å². The first-order valence-corrected chi connectivity index (χ1v) is 6.05. The lowest BCUT2D eigenvalue weighted by Crippen LogP contribution is -2.28. The summed E-state index contributed by atoms with van der Waals surface area (Å²) in [6, 6.07) is 4.62. The van der Waals surface area contributed by atoms with Crippen LogP contribution in [0.15, 0.2) is 18.2 Å². The number of alkyl halides is 2. The number of para-hydroxylation sites is 1. The maximum atomic E-state index is 12.3. The summed E-state index contributed by atoms with van der Waals surface area (Å²) in [4.78, 5) is 11.8. The SMILES string of the molecule is COC(CN)CC(=O)Nc1c(C)cccc1OC(F)F. The number of nitrogens with one attached hydrogen (secondary N) is 1. The van der Waals surface area contributed by atoms with E-state index >= 15 is 0 Å². The van der Waals surface area contributed by atoms with E-state index in [1.807, 2.05) is 0 Å². The summed E-state index contributed by atoms with van der Waals surface area (Å²) in [6.07, 6.45) is -0.381. The average molecular weight is 288 g/mol. The minimum absolute atomic E-state index is 0.0372. The van der Waals surface area contributed by atoms with E-state index in [0.29, 0.717) is 5.56 Å². The van der Waals surface area contributed by atoms with E-state index < -0.39 is 12.7 Å². The fraction of sp³-hybridized carbons (Fsp3) is 0.462. The predicted molar refractivity (Wildman–Crippen MR) is 70.9 cm³/mol. The van der Waals surface area contributed by atoms with Gasteiger partial charge in [-0.05, 0) is 18.6 Å². The van der Waals surface area contributed by atoms with Crippen molar-refractivity contribution in [3.05, 3.63) is 23.8 Å². The maximum absolute atomic E-state index is 12.3. The number of rotatable bonds is 7. The van der Waals surface area contributed by atoms with Crippen LogP contribution in [0.4, 0.5) is 14.5 Å². The molecule has 3 N–H and O–H groups in total. The van der Waals surface area contributed by atoms with E-state index in [4.69, 9.17) is 10.5 Å². The molecule has 0 heterocycles. The Morgan fingerprint density at radius 1 is 1.45 bits per heavy atom. The average Bonchev–Trinajstić information content (AvgIpc) is 2.39. The van der Waals surface area contributed by atoms with Crippen LogP contribution in [0.2, 0.25) is 0 Å². The molecule has 5 nitrogen and oxygen atoms in total. The molecule has 0 aliphatic carbocycles. The van der Waals surface area contributed by atoms with Crippen molar-refractivity contribution < 1.29 is 23.0 Å². The van der Waals surface area contributed by atoms with Gasteiger partial charge in [0.05, 0.1) is 18.2 Å². The lowest BCUT2D eigenvalue weighted by Gasteiger charge is -2.16. The number of nitrogens with two attached hydrogens (primary N) is 1. The van der Waals surface area contributed by atoms with Crippen molar-refractivity contribution in [2.24, 2.45) is 5.73 Å². The van der Waals surface area contributed by atoms with E-state index in [1.54, 1.807) is 19.1 Å². The second-order valence-electron chi connectivity index (χ2n) is 4.17. The van der Waals surface area contributed by atoms with Crippen LogP contribution in [0.1, 0.15) is 12.0 Å². The molecule has 1 aromatic carbocycles. The number of carbonyl (C=O) groups excluding carboxylic acids is 1. The van der Waals surface area contributed by atoms with Gasteiger partial charge in [0.1, 0.15) is 5.75 Å². The molecular weight excluding hydrogens is 270 g/mol. The summed E-state index contributed by atoms with van der Waals surface area (Å²) in [5.41, 5.74) is 6.27. The monoisotopic (exact) mass is 288 g/mol. The highest BCUT2D eigenvalue weighted by atomic mass is 19.3. The minimum atomic E-state index is -2.96. The highest BCUT2D eigenvalue weighted by molar-refractivity contribution is 5.93. The molecule has 0 spiro atoms. The molecule has 1 unspecified atom stereocenters. The van der Waals surface area contributed by atoms with Gasteiger partial charge in [-0.1, -0.05) is 12.1 Å². The third kappa shape index (κ3) is 4.75. The van der Waals surface area contributed by atoms with Crippen LogP contribution in [0.25, 0.3) is 0 Å². The fourth-order valence-corrected chi connectivity index (χ4v) is 1.66. The summed E-state index contributed by atoms with van der Waals surface area (Å²) in [5.74, 6) is -0.453. The normalized spacial score (nSPS) is 12.3. The molecule has 0 aromatic heterocycles. The number of benzene rings is 1. The highest BCUT2D eigenvalue weighted by Gasteiger charge is 2.16. The molecule has 0 radical (unpaired) electrons. The Labute approximate surface area is 116 Å². The molecule has 0 saturated heterocycles. The highest BCUT2D eigenvalue weighted by Crippen LogP contribution is 2.29. The molecule has 0 fully saturated rings. The van der Waals surface area contributed by atoms with Crippen molar-refractivity contribution >= 4 is 11.6 Å². The summed E-state index contributed by atoms with van der Waals surface area (Å²) < 4.78 is 34.0. The van der Waals surface area contributed by atoms with Gasteiger partial charge in [-0.2, -0.15) is 8.78 Å². The number of halogens is 2. The van der Waals surface area contributed by atoms with E-state index in [0.717, 1.165) is 0 Å². The first kappa shape index (κ1) is 16.3. The van der Waals surface area contributed by atoms with Crippen molar-refractivity contribution in [2.75, 3.05) is 19.0 Å². The lowest BCUT2D eigenvalue weighted by atomic mass is 10.1. The molecule has 0 aliphatic heterocycles. The molecular formula is C13H18F2N2O3. The van der Waals surface area contributed by atoms with Gasteiger partial charge >= 0.3 is 6.61 Å². The van der Waals surface area contributed by atoms with Gasteiger partial charge in [-0.25, -0.2) is 0 Å². The van der Waals surface area contributed by atoms with Gasteiger partial charge in [0, 0.05) is 13.7 Å². The first-order chi connectivity index (χ1) is 9.47. The Morgan fingerprint density at radius 3 is 2.70 bits per heavy atom. The number of aryl methyl sites for hydroxylation is 1. The van der Waals surface area contributed by atoms with Gasteiger partial charge in [0.2, 0.25) is 5.91 Å². The third-order valence-electron chi connectivity index (χ3n) is 2.72. The third-order valence-corrected chi connectivity index (χ3v) is 2.72. The molecule has 1 aromatic rings. The number of amides is 1. The number of methoxy groups -OCH3 is 1. The molecule has 1 atom stereocenters. The maximum Gasteiger partial charge on any atom is 0.387 e. The molecule has 1 rings (SSSR count). The van der Waals surface area contributed by atoms with Gasteiger partial charge in [0.25, 0.3) is 0 Å². The van der Waals surface area contributed by atoms with E-state index in [2.05, 4.69) is 10.1 Å². The van der Waals surface area contributed by atoms with Gasteiger partial charge in [-0.15, -0.1) is 0 Å². The van der Waals surface area contributed by atoms with Crippen molar-refractivity contribution in [3.8, 4) is 5.75 Å². The number of carbonyl (C=O) groups is 1. The van der Waals surface area contributed by atoms with Gasteiger partial charge in [-0.3, -0.25) is 4.79 Å². The Bertz CT molecular complexity index is 451. The molecule has 20 heavy (non-hydrogen) atoms. The largest absolute Gasteiger partial charge is 0.433 e. The zero-order valence-corrected chi connectivity index (χ0v) is 11.4. The van der Waals surface area contributed by atoms with Crippen LogP contribution in [-0.2, 0) is 9.53 Å². The summed E-state index contributed by atoms with van der Waals surface area (Å²) >= 11 is 0. The Hall–Kier alpha value is -1.73. The number of ether oxygens (including phenoxy) is 2. The van der Waals surface area contributed by atoms with Crippen LogP contribution in [0.3, 0.4) is 0 Å². The van der Waals surface area contributed by atoms with Crippen molar-refractivity contribution in [1.29, 1.82) is 0 Å². The molecule has 0 saturated carbocycles. The fourth-order valence-electron chi connectivity index (χ4n) is 1.66. The number of hydrogen-bond donors (Lipinski definition) is 2. The number of hydrogen-bond acceptors (Lipinski definition) is 4. The van der Waals surface area contributed by atoms with Crippen molar-refractivity contribution in [1.82, 2.24) is 0 Å². The van der Waals surface area contributed by atoms with Crippen molar-refractivity contribution in [3.63, 3.8) is 0 Å². The molecule has 0 bridgehead atoms. The predicted octanol–water partition coefficient (Wildman–Crippen LogP) is 1.90. The zero-order chi connectivity index (χ0) is 15.1. The Kier molecular flexibility index (Phi) is 6.33. The smallest absolute Gasteiger partial charge is 0.387 e. The summed E-state index contributed by atoms with van der Waals surface area (Å²) in [6.45, 7) is -1.08. The van der Waals surface area contributed by atoms with E-state index in [1.165, 1.54) is 13.2 Å². The van der Waals surface area contributed by atoms with Crippen LogP contribution < -0.4 is 15.8 Å². The minimum Gasteiger partial charge on any atom is -0.433 e. The van der Waals surface area contributed by atoms with Gasteiger partial charge in [0.15, 0.2) is 0 Å². The Balaban J connectivity index is 2.82. The van der Waals surface area contributed by atoms with E-state index in [-0.39, 0.29) is 30.3 Å². The standard InChI is InChI=1S/C13H18F2N2O3/c1-8-4-3-5-10(20-13(14)15)12(8)17-11(18)6-9(7-16)19-2/h3-5,9,13H,6-7,16H2,1-2H3,(H,17,18). The molecule has 112 valence electrons. The summed E-state index contributed by atoms with van der Waals surface area (Å²) in [7, 11) is 1.45. The van der Waals surface area contributed by atoms with Crippen LogP contribution in [0.5, 0.6) is 5.75 Å². The van der Waals surface area contributed by atoms with E-state index in [9.17, 15) is 13.6 Å². The molecule has 1 amide bonds. The second-order valence-corrected chi connectivity index (χ2v) is 4.17. The zero-order valence-electron chi connectivity index (χ0n) is 11.4. The lowest BCUT2D eigenvalue weighted by molar-refractivity contribution is -0.118. The topological polar surface area (TPSA) is 73.6 Å². The second kappa shape index (κ2) is 7.76. The molecule has 7 heteroatoms.